The van der Waals surface area contributed by atoms with Crippen LogP contribution >= 0.6 is 15.9 Å². The molecule has 1 rings (SSSR count). The van der Waals surface area contributed by atoms with E-state index >= 15 is 0 Å². The van der Waals surface area contributed by atoms with Crippen molar-refractivity contribution in [2.45, 2.75) is 6.92 Å². The van der Waals surface area contributed by atoms with E-state index in [1.807, 2.05) is 6.07 Å². The average molecular weight is 253 g/mol. The van der Waals surface area contributed by atoms with Crippen molar-refractivity contribution in [2.24, 2.45) is 0 Å². The maximum absolute atomic E-state index is 11.5. The van der Waals surface area contributed by atoms with Crippen LogP contribution < -0.4 is 5.73 Å². The fourth-order valence-corrected chi connectivity index (χ4v) is 1.51. The number of carbonyl (C=O) groups is 1. The lowest BCUT2D eigenvalue weighted by Gasteiger charge is -2.07. The van der Waals surface area contributed by atoms with Gasteiger partial charge in [0.2, 0.25) is 0 Å². The lowest BCUT2D eigenvalue weighted by atomic mass is 9.98. The molecule has 14 heavy (non-hydrogen) atoms. The number of hydrogen-bond donors (Lipinski definition) is 1. The predicted molar refractivity (Wildman–Crippen MR) is 58.4 cm³/mol. The fraction of sp³-hybridized carbons (Fsp3) is 0.200. The van der Waals surface area contributed by atoms with E-state index in [1.54, 1.807) is 19.1 Å². The Morgan fingerprint density at radius 1 is 1.64 bits per heavy atom. The molecule has 0 spiro atoms. The Morgan fingerprint density at radius 2 is 2.29 bits per heavy atom. The Morgan fingerprint density at radius 3 is 2.79 bits per heavy atom. The molecule has 0 aliphatic carbocycles. The molecule has 0 bridgehead atoms. The van der Waals surface area contributed by atoms with Crippen molar-refractivity contribution < 1.29 is 4.79 Å². The second-order valence-corrected chi connectivity index (χ2v) is 3.45. The van der Waals surface area contributed by atoms with Crippen molar-refractivity contribution in [1.82, 2.24) is 0 Å². The number of benzene rings is 1. The molecule has 0 aliphatic heterocycles. The number of rotatable bonds is 2. The van der Waals surface area contributed by atoms with Gasteiger partial charge in [-0.2, -0.15) is 5.26 Å². The average Bonchev–Trinajstić information content (AvgIpc) is 2.19. The van der Waals surface area contributed by atoms with Gasteiger partial charge >= 0.3 is 0 Å². The highest BCUT2D eigenvalue weighted by Gasteiger charge is 2.15. The summed E-state index contributed by atoms with van der Waals surface area (Å²) in [4.78, 5) is 11.5. The number of nitrogens with zero attached hydrogens (tertiary/aromatic N) is 1. The van der Waals surface area contributed by atoms with E-state index in [4.69, 9.17) is 11.0 Å². The normalized spacial score (nSPS) is 9.50. The van der Waals surface area contributed by atoms with E-state index in [0.717, 1.165) is 5.56 Å². The van der Waals surface area contributed by atoms with Crippen molar-refractivity contribution in [3.63, 3.8) is 0 Å². The van der Waals surface area contributed by atoms with E-state index in [9.17, 15) is 4.79 Å². The minimum atomic E-state index is -0.164. The number of anilines is 1. The first-order valence-electron chi connectivity index (χ1n) is 4.00. The van der Waals surface area contributed by atoms with Gasteiger partial charge in [0, 0.05) is 5.69 Å². The van der Waals surface area contributed by atoms with Crippen LogP contribution in [-0.4, -0.2) is 11.1 Å². The summed E-state index contributed by atoms with van der Waals surface area (Å²) in [6, 6.07) is 5.38. The molecular formula is C10H9BrN2O. The lowest BCUT2D eigenvalue weighted by Crippen LogP contribution is -2.08. The Bertz CT molecular complexity index is 421. The predicted octanol–water partition coefficient (Wildman–Crippen LogP) is 2.03. The molecule has 3 nitrogen and oxygen atoms in total. The van der Waals surface area contributed by atoms with Gasteiger partial charge in [0.25, 0.3) is 0 Å². The molecule has 0 saturated heterocycles. The van der Waals surface area contributed by atoms with Crippen LogP contribution in [0.15, 0.2) is 12.1 Å². The van der Waals surface area contributed by atoms with Gasteiger partial charge in [0.05, 0.1) is 16.5 Å². The van der Waals surface area contributed by atoms with Crippen molar-refractivity contribution in [1.29, 1.82) is 5.26 Å². The minimum Gasteiger partial charge on any atom is -0.398 e. The van der Waals surface area contributed by atoms with Crippen molar-refractivity contribution in [2.75, 3.05) is 11.1 Å². The number of nitrogens with two attached hydrogens (primary N) is 1. The zero-order chi connectivity index (χ0) is 10.7. The molecular weight excluding hydrogens is 244 g/mol. The number of ketones is 1. The lowest BCUT2D eigenvalue weighted by molar-refractivity contribution is 0.102. The molecule has 1 aromatic rings. The SMILES string of the molecule is Cc1ccc(N)c(C(=O)CBr)c1C#N. The molecule has 0 saturated carbocycles. The van der Waals surface area contributed by atoms with Gasteiger partial charge in [-0.3, -0.25) is 4.79 Å². The molecule has 0 radical (unpaired) electrons. The summed E-state index contributed by atoms with van der Waals surface area (Å²) in [6.45, 7) is 1.78. The van der Waals surface area contributed by atoms with Gasteiger partial charge in [-0.1, -0.05) is 22.0 Å². The quantitative estimate of drug-likeness (QED) is 0.498. The van der Waals surface area contributed by atoms with Crippen molar-refractivity contribution >= 4 is 27.4 Å². The van der Waals surface area contributed by atoms with Crippen LogP contribution in [0.2, 0.25) is 0 Å². The summed E-state index contributed by atoms with van der Waals surface area (Å²) in [5, 5.41) is 9.07. The van der Waals surface area contributed by atoms with Gasteiger partial charge in [0.15, 0.2) is 5.78 Å². The Labute approximate surface area is 90.7 Å². The van der Waals surface area contributed by atoms with Crippen LogP contribution in [-0.2, 0) is 0 Å². The van der Waals surface area contributed by atoms with Crippen LogP contribution in [0.1, 0.15) is 21.5 Å². The first-order chi connectivity index (χ1) is 6.61. The number of nitrogen functional groups attached to an aromatic ring is 1. The monoisotopic (exact) mass is 252 g/mol. The Hall–Kier alpha value is -1.34. The zero-order valence-electron chi connectivity index (χ0n) is 7.67. The Kier molecular flexibility index (Phi) is 3.26. The highest BCUT2D eigenvalue weighted by molar-refractivity contribution is 9.09. The standard InChI is InChI=1S/C10H9BrN2O/c1-6-2-3-8(13)10(7(6)5-12)9(14)4-11/h2-3H,4,13H2,1H3. The van der Waals surface area contributed by atoms with Crippen LogP contribution in [0.4, 0.5) is 5.69 Å². The third-order valence-corrected chi connectivity index (χ3v) is 2.47. The Balaban J connectivity index is 3.47. The van der Waals surface area contributed by atoms with E-state index in [-0.39, 0.29) is 11.1 Å². The third-order valence-electron chi connectivity index (χ3n) is 1.96. The number of halogens is 1. The first kappa shape index (κ1) is 10.7. The molecule has 0 fully saturated rings. The molecule has 0 atom stereocenters. The molecule has 0 heterocycles. The highest BCUT2D eigenvalue weighted by Crippen LogP contribution is 2.21. The smallest absolute Gasteiger partial charge is 0.176 e. The highest BCUT2D eigenvalue weighted by atomic mass is 79.9. The number of nitriles is 1. The number of aryl methyl sites for hydroxylation is 1. The second kappa shape index (κ2) is 4.25. The van der Waals surface area contributed by atoms with Gasteiger partial charge in [-0.15, -0.1) is 0 Å². The van der Waals surface area contributed by atoms with E-state index in [2.05, 4.69) is 15.9 Å². The maximum atomic E-state index is 11.5. The number of hydrogen-bond acceptors (Lipinski definition) is 3. The van der Waals surface area contributed by atoms with Gasteiger partial charge < -0.3 is 5.73 Å². The largest absolute Gasteiger partial charge is 0.398 e. The van der Waals surface area contributed by atoms with Crippen LogP contribution in [0, 0.1) is 18.3 Å². The van der Waals surface area contributed by atoms with Gasteiger partial charge in [-0.05, 0) is 18.6 Å². The summed E-state index contributed by atoms with van der Waals surface area (Å²) >= 11 is 3.06. The van der Waals surface area contributed by atoms with E-state index in [0.29, 0.717) is 16.8 Å². The van der Waals surface area contributed by atoms with Gasteiger partial charge in [0.1, 0.15) is 6.07 Å². The number of carbonyl (C=O) groups excluding carboxylic acids is 1. The van der Waals surface area contributed by atoms with Crippen LogP contribution in [0.3, 0.4) is 0 Å². The van der Waals surface area contributed by atoms with E-state index in [1.165, 1.54) is 0 Å². The fourth-order valence-electron chi connectivity index (χ4n) is 1.23. The van der Waals surface area contributed by atoms with Crippen molar-refractivity contribution in [3.05, 3.63) is 28.8 Å². The van der Waals surface area contributed by atoms with E-state index < -0.39 is 0 Å². The molecule has 1 aromatic carbocycles. The molecule has 0 amide bonds. The van der Waals surface area contributed by atoms with Crippen LogP contribution in [0.5, 0.6) is 0 Å². The topological polar surface area (TPSA) is 66.9 Å². The molecule has 72 valence electrons. The molecule has 2 N–H and O–H groups in total. The zero-order valence-corrected chi connectivity index (χ0v) is 9.26. The summed E-state index contributed by atoms with van der Waals surface area (Å²) in [5.74, 6) is -0.164. The third kappa shape index (κ3) is 1.78. The first-order valence-corrected chi connectivity index (χ1v) is 5.12. The van der Waals surface area contributed by atoms with Crippen LogP contribution in [0.25, 0.3) is 0 Å². The number of alkyl halides is 1. The minimum absolute atomic E-state index is 0.164. The summed E-state index contributed by atoms with van der Waals surface area (Å²) in [6.07, 6.45) is 0. The molecule has 4 heteroatoms. The second-order valence-electron chi connectivity index (χ2n) is 2.89. The summed E-state index contributed by atoms with van der Waals surface area (Å²) in [5.41, 5.74) is 7.47. The van der Waals surface area contributed by atoms with Crippen molar-refractivity contribution in [3.8, 4) is 6.07 Å². The molecule has 0 aromatic heterocycles. The molecule has 0 aliphatic rings. The molecule has 0 unspecified atom stereocenters. The summed E-state index contributed by atoms with van der Waals surface area (Å²) < 4.78 is 0. The maximum Gasteiger partial charge on any atom is 0.176 e. The number of Topliss-reactive ketones (excluding diaryl/α,β-unsaturated/α-hetero) is 1. The summed E-state index contributed by atoms with van der Waals surface area (Å²) in [7, 11) is 0. The van der Waals surface area contributed by atoms with Gasteiger partial charge in [-0.25, -0.2) is 0 Å².